The number of carbonyl (C=O) groups excluding carboxylic acids is 1. The van der Waals surface area contributed by atoms with Crippen molar-refractivity contribution < 1.29 is 14.6 Å². The number of esters is 1. The number of allylic oxidation sites excluding steroid dienone is 1. The molecule has 0 unspecified atom stereocenters. The molecule has 0 amide bonds. The van der Waals surface area contributed by atoms with Gasteiger partial charge in [0.25, 0.3) is 0 Å². The van der Waals surface area contributed by atoms with Crippen molar-refractivity contribution in [1.29, 1.82) is 0 Å². The Morgan fingerprint density at radius 2 is 2.09 bits per heavy atom. The van der Waals surface area contributed by atoms with Crippen molar-refractivity contribution in [2.24, 2.45) is 5.73 Å². The maximum absolute atomic E-state index is 11.0. The highest BCUT2D eigenvalue weighted by atomic mass is 16.5. The lowest BCUT2D eigenvalue weighted by Crippen LogP contribution is -2.33. The highest BCUT2D eigenvalue weighted by Gasteiger charge is 2.13. The van der Waals surface area contributed by atoms with Crippen LogP contribution in [0.3, 0.4) is 0 Å². The smallest absolute Gasteiger partial charge is 0.322 e. The van der Waals surface area contributed by atoms with Gasteiger partial charge < -0.3 is 20.6 Å². The van der Waals surface area contributed by atoms with Gasteiger partial charge in [0, 0.05) is 18.3 Å². The highest BCUT2D eigenvalue weighted by molar-refractivity contribution is 5.75. The zero-order valence-corrected chi connectivity index (χ0v) is 12.7. The predicted octanol–water partition coefficient (Wildman–Crippen LogP) is 2.18. The van der Waals surface area contributed by atoms with Crippen molar-refractivity contribution >= 4 is 5.97 Å². The number of hydrogen-bond donors (Lipinski definition) is 3. The zero-order valence-electron chi connectivity index (χ0n) is 12.7. The minimum Gasteiger partial charge on any atom is -0.508 e. The van der Waals surface area contributed by atoms with Gasteiger partial charge in [-0.15, -0.1) is 6.58 Å². The molecule has 4 N–H and O–H groups in total. The molecule has 5 heteroatoms. The van der Waals surface area contributed by atoms with Crippen LogP contribution in [-0.4, -0.2) is 29.2 Å². The maximum Gasteiger partial charge on any atom is 0.322 e. The van der Waals surface area contributed by atoms with Crippen LogP contribution in [0.15, 0.2) is 55.3 Å². The Bertz CT molecular complexity index is 562. The molecule has 22 heavy (non-hydrogen) atoms. The number of phenols is 1. The van der Waals surface area contributed by atoms with Gasteiger partial charge in [0.1, 0.15) is 11.8 Å². The number of nitrogens with two attached hydrogens (primary N) is 1. The number of rotatable bonds is 5. The fraction of sp³-hybridized carbons (Fsp3) is 0.235. The summed E-state index contributed by atoms with van der Waals surface area (Å²) in [7, 11) is 1.30. The quantitative estimate of drug-likeness (QED) is 0.583. The molecule has 1 atom stereocenters. The molecule has 0 aliphatic rings. The molecular formula is C17H22N2O3. The third-order valence-corrected chi connectivity index (χ3v) is 2.92. The summed E-state index contributed by atoms with van der Waals surface area (Å²) >= 11 is 0. The zero-order chi connectivity index (χ0) is 16.4. The van der Waals surface area contributed by atoms with Crippen molar-refractivity contribution in [2.45, 2.75) is 18.9 Å². The average Bonchev–Trinajstić information content (AvgIpc) is 3.03. The number of carbonyl (C=O) groups is 1. The van der Waals surface area contributed by atoms with Gasteiger partial charge in [0.15, 0.2) is 0 Å². The van der Waals surface area contributed by atoms with Gasteiger partial charge in [-0.3, -0.25) is 4.79 Å². The Morgan fingerprint density at radius 1 is 1.41 bits per heavy atom. The second kappa shape index (κ2) is 9.41. The van der Waals surface area contributed by atoms with E-state index in [0.29, 0.717) is 6.42 Å². The molecule has 0 aliphatic carbocycles. The van der Waals surface area contributed by atoms with Crippen LogP contribution in [-0.2, 0) is 22.4 Å². The topological polar surface area (TPSA) is 88.3 Å². The first-order valence-electron chi connectivity index (χ1n) is 6.91. The van der Waals surface area contributed by atoms with Gasteiger partial charge in [-0.05, 0) is 36.2 Å². The van der Waals surface area contributed by atoms with E-state index >= 15 is 0 Å². The van der Waals surface area contributed by atoms with E-state index in [4.69, 9.17) is 10.8 Å². The summed E-state index contributed by atoms with van der Waals surface area (Å²) in [6.07, 6.45) is 5.14. The number of benzene rings is 1. The second-order valence-electron chi connectivity index (χ2n) is 4.69. The lowest BCUT2D eigenvalue weighted by atomic mass is 10.1. The number of aromatic amines is 1. The van der Waals surface area contributed by atoms with Crippen LogP contribution in [0, 0.1) is 0 Å². The second-order valence-corrected chi connectivity index (χ2v) is 4.69. The Morgan fingerprint density at radius 3 is 2.59 bits per heavy atom. The first kappa shape index (κ1) is 17.5. The highest BCUT2D eigenvalue weighted by Crippen LogP contribution is 2.10. The summed E-state index contributed by atoms with van der Waals surface area (Å²) in [6.45, 7) is 3.62. The minimum absolute atomic E-state index is 0.195. The van der Waals surface area contributed by atoms with Crippen molar-refractivity contribution in [2.75, 3.05) is 7.11 Å². The number of phenolic OH excluding ortho intramolecular Hbond substituents is 1. The summed E-state index contributed by atoms with van der Waals surface area (Å²) in [6, 6.07) is 9.93. The normalized spacial score (nSPS) is 11.0. The van der Waals surface area contributed by atoms with E-state index in [9.17, 15) is 4.79 Å². The van der Waals surface area contributed by atoms with Gasteiger partial charge in [-0.1, -0.05) is 18.2 Å². The van der Waals surface area contributed by atoms with Gasteiger partial charge in [0.2, 0.25) is 0 Å². The van der Waals surface area contributed by atoms with Crippen LogP contribution < -0.4 is 5.73 Å². The van der Waals surface area contributed by atoms with Crippen LogP contribution in [0.2, 0.25) is 0 Å². The fourth-order valence-corrected chi connectivity index (χ4v) is 1.77. The molecule has 2 rings (SSSR count). The first-order valence-corrected chi connectivity index (χ1v) is 6.91. The number of aromatic nitrogens is 1. The van der Waals surface area contributed by atoms with Crippen molar-refractivity contribution in [3.8, 4) is 5.75 Å². The largest absolute Gasteiger partial charge is 0.508 e. The van der Waals surface area contributed by atoms with Crippen molar-refractivity contribution in [3.05, 3.63) is 66.5 Å². The van der Waals surface area contributed by atoms with Crippen LogP contribution in [0.5, 0.6) is 5.75 Å². The molecule has 0 bridgehead atoms. The third kappa shape index (κ3) is 6.28. The van der Waals surface area contributed by atoms with Crippen LogP contribution in [0.4, 0.5) is 0 Å². The first-order chi connectivity index (χ1) is 10.6. The minimum atomic E-state index is -0.649. The molecule has 0 fully saturated rings. The molecule has 1 aromatic heterocycles. The van der Waals surface area contributed by atoms with E-state index in [-0.39, 0.29) is 5.75 Å². The van der Waals surface area contributed by atoms with E-state index in [0.717, 1.165) is 12.0 Å². The summed E-state index contributed by atoms with van der Waals surface area (Å²) in [4.78, 5) is 14.1. The molecule has 0 spiro atoms. The Hall–Kier alpha value is -2.53. The van der Waals surface area contributed by atoms with E-state index in [1.54, 1.807) is 24.3 Å². The third-order valence-electron chi connectivity index (χ3n) is 2.92. The van der Waals surface area contributed by atoms with E-state index in [1.165, 1.54) is 12.8 Å². The monoisotopic (exact) mass is 302 g/mol. The van der Waals surface area contributed by atoms with E-state index in [1.807, 2.05) is 24.4 Å². The van der Waals surface area contributed by atoms with Gasteiger partial charge in [-0.25, -0.2) is 0 Å². The van der Waals surface area contributed by atoms with Crippen LogP contribution >= 0.6 is 0 Å². The number of hydrogen-bond acceptors (Lipinski definition) is 4. The lowest BCUT2D eigenvalue weighted by molar-refractivity contribution is -0.142. The fourth-order valence-electron chi connectivity index (χ4n) is 1.77. The summed E-state index contributed by atoms with van der Waals surface area (Å²) in [5.74, 6) is -0.238. The molecule has 0 saturated heterocycles. The summed E-state index contributed by atoms with van der Waals surface area (Å²) in [5.41, 5.74) is 7.67. The summed E-state index contributed by atoms with van der Waals surface area (Å²) in [5, 5.41) is 9.02. The molecule has 1 heterocycles. The molecule has 0 aliphatic heterocycles. The van der Waals surface area contributed by atoms with Gasteiger partial charge in [-0.2, -0.15) is 0 Å². The molecule has 1 aromatic carbocycles. The number of aromatic hydroxyl groups is 1. The van der Waals surface area contributed by atoms with Crippen LogP contribution in [0.25, 0.3) is 0 Å². The van der Waals surface area contributed by atoms with E-state index < -0.39 is 12.0 Å². The Balaban J connectivity index is 0.000000255. The molecule has 0 radical (unpaired) electrons. The molecule has 0 saturated carbocycles. The standard InChI is InChI=1S/C10H13NO3.C7H9N/c1-14-10(13)9(11)6-7-2-4-8(12)5-3-7;1-2-4-7-5-3-6-8-7/h2-5,9,12H,6,11H2,1H3;2-3,5-6,8H,1,4H2/t9-;/m0./s1. The predicted molar refractivity (Wildman–Crippen MR) is 86.5 cm³/mol. The molecule has 118 valence electrons. The van der Waals surface area contributed by atoms with Crippen LogP contribution in [0.1, 0.15) is 11.3 Å². The van der Waals surface area contributed by atoms with E-state index in [2.05, 4.69) is 16.3 Å². The van der Waals surface area contributed by atoms with Gasteiger partial charge >= 0.3 is 5.97 Å². The van der Waals surface area contributed by atoms with Gasteiger partial charge in [0.05, 0.1) is 7.11 Å². The SMILES string of the molecule is C=CCc1ccc[nH]1.COC(=O)[C@@H](N)Cc1ccc(O)cc1. The Kier molecular flexibility index (Phi) is 7.50. The molecular weight excluding hydrogens is 280 g/mol. The lowest BCUT2D eigenvalue weighted by Gasteiger charge is -2.08. The average molecular weight is 302 g/mol. The Labute approximate surface area is 130 Å². The number of methoxy groups -OCH3 is 1. The van der Waals surface area contributed by atoms with Crippen molar-refractivity contribution in [1.82, 2.24) is 4.98 Å². The number of ether oxygens (including phenoxy) is 1. The number of nitrogens with one attached hydrogen (secondary N) is 1. The van der Waals surface area contributed by atoms with Crippen molar-refractivity contribution in [3.63, 3.8) is 0 Å². The summed E-state index contributed by atoms with van der Waals surface area (Å²) < 4.78 is 4.49. The molecule has 2 aromatic rings. The maximum atomic E-state index is 11.0. The number of H-pyrrole nitrogens is 1. The molecule has 5 nitrogen and oxygen atoms in total.